The van der Waals surface area contributed by atoms with E-state index in [1.807, 2.05) is 28.0 Å². The third-order valence-corrected chi connectivity index (χ3v) is 5.46. The molecule has 0 radical (unpaired) electrons. The van der Waals surface area contributed by atoms with Crippen molar-refractivity contribution < 1.29 is 9.59 Å². The maximum absolute atomic E-state index is 12.9. The summed E-state index contributed by atoms with van der Waals surface area (Å²) in [5.41, 5.74) is 0.412. The first-order chi connectivity index (χ1) is 14.1. The summed E-state index contributed by atoms with van der Waals surface area (Å²) >= 11 is 0. The second-order valence-corrected chi connectivity index (χ2v) is 7.22. The van der Waals surface area contributed by atoms with Gasteiger partial charge < -0.3 is 19.6 Å². The Kier molecular flexibility index (Phi) is 5.55. The van der Waals surface area contributed by atoms with Crippen LogP contribution in [0.4, 0.5) is 11.6 Å². The average molecular weight is 395 g/mol. The van der Waals surface area contributed by atoms with Gasteiger partial charge in [-0.1, -0.05) is 6.07 Å². The molecule has 4 heterocycles. The molecular formula is C20H25N7O2. The molecule has 0 saturated carbocycles. The highest BCUT2D eigenvalue weighted by Gasteiger charge is 2.25. The summed E-state index contributed by atoms with van der Waals surface area (Å²) in [6.45, 7) is 7.07. The van der Waals surface area contributed by atoms with Crippen LogP contribution in [-0.2, 0) is 4.79 Å². The normalized spacial score (nSPS) is 17.4. The number of amides is 2. The number of piperazine rings is 2. The number of hydrogen-bond acceptors (Lipinski definition) is 7. The van der Waals surface area contributed by atoms with E-state index in [2.05, 4.69) is 24.8 Å². The topological polar surface area (TPSA) is 85.8 Å². The second-order valence-electron chi connectivity index (χ2n) is 7.22. The molecule has 0 spiro atoms. The second kappa shape index (κ2) is 8.42. The number of hydrogen-bond donors (Lipinski definition) is 0. The molecule has 4 rings (SSSR count). The summed E-state index contributed by atoms with van der Waals surface area (Å²) in [5, 5.41) is 0. The molecule has 0 bridgehead atoms. The van der Waals surface area contributed by atoms with Gasteiger partial charge in [-0.2, -0.15) is 0 Å². The summed E-state index contributed by atoms with van der Waals surface area (Å²) in [6, 6.07) is 7.62. The van der Waals surface area contributed by atoms with Crippen LogP contribution in [0.25, 0.3) is 0 Å². The van der Waals surface area contributed by atoms with Gasteiger partial charge >= 0.3 is 0 Å². The van der Waals surface area contributed by atoms with Crippen LogP contribution in [0.3, 0.4) is 0 Å². The van der Waals surface area contributed by atoms with Crippen LogP contribution >= 0.6 is 0 Å². The van der Waals surface area contributed by atoms with Crippen molar-refractivity contribution >= 4 is 23.5 Å². The van der Waals surface area contributed by atoms with Crippen LogP contribution in [0.15, 0.2) is 36.8 Å². The zero-order valence-electron chi connectivity index (χ0n) is 16.6. The van der Waals surface area contributed by atoms with Crippen molar-refractivity contribution in [3.05, 3.63) is 42.5 Å². The minimum absolute atomic E-state index is 0.0725. The number of aromatic nitrogens is 3. The summed E-state index contributed by atoms with van der Waals surface area (Å²) in [5.74, 6) is 1.69. The molecule has 9 heteroatoms. The molecule has 2 amide bonds. The predicted octanol–water partition coefficient (Wildman–Crippen LogP) is 0.503. The first kappa shape index (κ1) is 19.1. The first-order valence-electron chi connectivity index (χ1n) is 9.89. The van der Waals surface area contributed by atoms with Crippen LogP contribution in [0.2, 0.25) is 0 Å². The van der Waals surface area contributed by atoms with E-state index in [-0.39, 0.29) is 11.8 Å². The van der Waals surface area contributed by atoms with Gasteiger partial charge in [0.2, 0.25) is 5.91 Å². The molecule has 0 aliphatic carbocycles. The van der Waals surface area contributed by atoms with Gasteiger partial charge in [-0.3, -0.25) is 9.59 Å². The minimum Gasteiger partial charge on any atom is -0.353 e. The van der Waals surface area contributed by atoms with E-state index in [9.17, 15) is 9.59 Å². The van der Waals surface area contributed by atoms with Crippen LogP contribution in [-0.4, -0.2) is 88.9 Å². The molecule has 2 saturated heterocycles. The Morgan fingerprint density at radius 1 is 0.793 bits per heavy atom. The van der Waals surface area contributed by atoms with Crippen molar-refractivity contribution in [3.8, 4) is 0 Å². The highest BCUT2D eigenvalue weighted by atomic mass is 16.2. The van der Waals surface area contributed by atoms with Gasteiger partial charge in [0.25, 0.3) is 5.91 Å². The lowest BCUT2D eigenvalue weighted by molar-refractivity contribution is -0.129. The van der Waals surface area contributed by atoms with E-state index >= 15 is 0 Å². The number of carbonyl (C=O) groups is 2. The van der Waals surface area contributed by atoms with Crippen LogP contribution < -0.4 is 9.80 Å². The van der Waals surface area contributed by atoms with Gasteiger partial charge in [-0.05, 0) is 12.1 Å². The largest absolute Gasteiger partial charge is 0.353 e. The molecule has 0 aromatic carbocycles. The standard InChI is InChI=1S/C20H25N7O2/c1-16(28)24-6-8-26(9-7-24)19-14-17(22-15-23-19)20(29)27-12-10-25(11-13-27)18-4-2-3-5-21-18/h2-5,14-15H,6-13H2,1H3. The van der Waals surface area contributed by atoms with Crippen molar-refractivity contribution in [1.29, 1.82) is 0 Å². The average Bonchev–Trinajstić information content (AvgIpc) is 2.79. The molecule has 2 fully saturated rings. The number of carbonyl (C=O) groups excluding carboxylic acids is 2. The van der Waals surface area contributed by atoms with Crippen molar-refractivity contribution in [3.63, 3.8) is 0 Å². The molecule has 2 aliphatic heterocycles. The van der Waals surface area contributed by atoms with Crippen LogP contribution in [0, 0.1) is 0 Å². The fourth-order valence-corrected chi connectivity index (χ4v) is 3.73. The van der Waals surface area contributed by atoms with E-state index in [1.165, 1.54) is 6.33 Å². The molecule has 0 atom stereocenters. The summed E-state index contributed by atoms with van der Waals surface area (Å²) < 4.78 is 0. The van der Waals surface area contributed by atoms with E-state index < -0.39 is 0 Å². The highest BCUT2D eigenvalue weighted by Crippen LogP contribution is 2.17. The fraction of sp³-hybridized carbons (Fsp3) is 0.450. The van der Waals surface area contributed by atoms with Gasteiger partial charge in [0.05, 0.1) is 0 Å². The molecule has 2 aromatic heterocycles. The van der Waals surface area contributed by atoms with Gasteiger partial charge in [0, 0.05) is 71.5 Å². The molecule has 9 nitrogen and oxygen atoms in total. The van der Waals surface area contributed by atoms with E-state index in [4.69, 9.17) is 0 Å². The number of pyridine rings is 1. The predicted molar refractivity (Wildman–Crippen MR) is 109 cm³/mol. The molecule has 0 N–H and O–H groups in total. The first-order valence-corrected chi connectivity index (χ1v) is 9.89. The number of rotatable bonds is 3. The molecule has 0 unspecified atom stereocenters. The maximum atomic E-state index is 12.9. The zero-order valence-corrected chi connectivity index (χ0v) is 16.6. The number of anilines is 2. The van der Waals surface area contributed by atoms with Crippen molar-refractivity contribution in [1.82, 2.24) is 24.8 Å². The third kappa shape index (κ3) is 4.28. The lowest BCUT2D eigenvalue weighted by atomic mass is 10.2. The van der Waals surface area contributed by atoms with Crippen molar-refractivity contribution in [2.45, 2.75) is 6.92 Å². The lowest BCUT2D eigenvalue weighted by Gasteiger charge is -2.36. The lowest BCUT2D eigenvalue weighted by Crippen LogP contribution is -2.49. The van der Waals surface area contributed by atoms with Gasteiger partial charge in [0.15, 0.2) is 0 Å². The Balaban J connectivity index is 1.37. The van der Waals surface area contributed by atoms with Gasteiger partial charge in [-0.25, -0.2) is 15.0 Å². The zero-order chi connectivity index (χ0) is 20.2. The Bertz CT molecular complexity index is 860. The van der Waals surface area contributed by atoms with Crippen molar-refractivity contribution in [2.24, 2.45) is 0 Å². The Morgan fingerprint density at radius 2 is 1.45 bits per heavy atom. The van der Waals surface area contributed by atoms with Crippen LogP contribution in [0.5, 0.6) is 0 Å². The molecular weight excluding hydrogens is 370 g/mol. The Morgan fingerprint density at radius 3 is 2.07 bits per heavy atom. The summed E-state index contributed by atoms with van der Waals surface area (Å²) in [7, 11) is 0. The molecule has 2 aromatic rings. The third-order valence-electron chi connectivity index (χ3n) is 5.46. The Hall–Kier alpha value is -3.23. The molecule has 152 valence electrons. The van der Waals surface area contributed by atoms with Gasteiger partial charge in [-0.15, -0.1) is 0 Å². The van der Waals surface area contributed by atoms with Crippen LogP contribution in [0.1, 0.15) is 17.4 Å². The Labute approximate surface area is 170 Å². The summed E-state index contributed by atoms with van der Waals surface area (Å²) in [6.07, 6.45) is 3.23. The maximum Gasteiger partial charge on any atom is 0.272 e. The molecule has 2 aliphatic rings. The quantitative estimate of drug-likeness (QED) is 0.748. The van der Waals surface area contributed by atoms with Gasteiger partial charge in [0.1, 0.15) is 23.7 Å². The molecule has 29 heavy (non-hydrogen) atoms. The summed E-state index contributed by atoms with van der Waals surface area (Å²) in [4.78, 5) is 45.3. The van der Waals surface area contributed by atoms with E-state index in [0.717, 1.165) is 24.7 Å². The number of nitrogens with zero attached hydrogens (tertiary/aromatic N) is 7. The SMILES string of the molecule is CC(=O)N1CCN(c2cc(C(=O)N3CCN(c4ccccn4)CC3)ncn2)CC1. The van der Waals surface area contributed by atoms with Crippen molar-refractivity contribution in [2.75, 3.05) is 62.2 Å². The monoisotopic (exact) mass is 395 g/mol. The smallest absolute Gasteiger partial charge is 0.272 e. The fourth-order valence-electron chi connectivity index (χ4n) is 3.73. The minimum atomic E-state index is -0.0725. The van der Waals surface area contributed by atoms with E-state index in [1.54, 1.807) is 19.2 Å². The van der Waals surface area contributed by atoms with E-state index in [0.29, 0.717) is 45.0 Å². The highest BCUT2D eigenvalue weighted by molar-refractivity contribution is 5.93.